The smallest absolute Gasteiger partial charge is 0.356 e. The minimum atomic E-state index is -4.83. The van der Waals surface area contributed by atoms with E-state index in [0.29, 0.717) is 31.4 Å². The lowest BCUT2D eigenvalue weighted by atomic mass is 9.97. The van der Waals surface area contributed by atoms with Gasteiger partial charge < -0.3 is 20.9 Å². The number of nitrogens with zero attached hydrogens (tertiary/aromatic N) is 5. The van der Waals surface area contributed by atoms with E-state index in [1.165, 1.54) is 22.5 Å². The van der Waals surface area contributed by atoms with Crippen LogP contribution in [0.4, 0.5) is 38.0 Å². The van der Waals surface area contributed by atoms with Crippen molar-refractivity contribution >= 4 is 27.6 Å². The Morgan fingerprint density at radius 1 is 0.930 bits per heavy atom. The number of carbonyl (C=O) groups is 1. The third-order valence-corrected chi connectivity index (χ3v) is 9.30. The highest BCUT2D eigenvalue weighted by Crippen LogP contribution is 2.32. The van der Waals surface area contributed by atoms with Gasteiger partial charge in [0.25, 0.3) is 0 Å². The summed E-state index contributed by atoms with van der Waals surface area (Å²) in [5.74, 6) is -2.38. The van der Waals surface area contributed by atoms with Crippen molar-refractivity contribution < 1.29 is 39.6 Å². The van der Waals surface area contributed by atoms with Gasteiger partial charge in [-0.1, -0.05) is 12.1 Å². The van der Waals surface area contributed by atoms with E-state index >= 15 is 0 Å². The number of piperidine rings is 1. The standard InChI is InChI=1S/C26H33F6N7O3S/c27-25(28,29)20-5-3-18(4-6-20)7-9-34-23(40)19-2-1-10-38(17-19)22-16-21(35-24(36-22)26(30,31)32)37-11-13-39(14-12-37)43(41,42)15-8-33/h3-6,16,19H,1-2,7-15,17,33H2,(H,34,40)/t19-/m1/s1. The van der Waals surface area contributed by atoms with Crippen LogP contribution in [0, 0.1) is 5.92 Å². The zero-order chi connectivity index (χ0) is 31.4. The number of hydrogen-bond acceptors (Lipinski definition) is 8. The van der Waals surface area contributed by atoms with Crippen molar-refractivity contribution in [3.63, 3.8) is 0 Å². The van der Waals surface area contributed by atoms with Crippen molar-refractivity contribution in [1.82, 2.24) is 19.6 Å². The molecule has 1 amide bonds. The number of carbonyl (C=O) groups excluding carboxylic acids is 1. The summed E-state index contributed by atoms with van der Waals surface area (Å²) in [6.07, 6.45) is -7.93. The quantitative estimate of drug-likeness (QED) is 0.402. The van der Waals surface area contributed by atoms with Gasteiger partial charge in [-0.15, -0.1) is 0 Å². The Labute approximate surface area is 245 Å². The van der Waals surface area contributed by atoms with Gasteiger partial charge in [-0.25, -0.2) is 18.4 Å². The molecule has 0 saturated carbocycles. The number of amides is 1. The second kappa shape index (κ2) is 13.2. The van der Waals surface area contributed by atoms with Gasteiger partial charge >= 0.3 is 12.4 Å². The number of aromatic nitrogens is 2. The molecule has 43 heavy (non-hydrogen) atoms. The van der Waals surface area contributed by atoms with Crippen LogP contribution in [-0.4, -0.2) is 86.7 Å². The molecule has 4 rings (SSSR count). The third-order valence-electron chi connectivity index (χ3n) is 7.39. The highest BCUT2D eigenvalue weighted by molar-refractivity contribution is 7.89. The second-order valence-corrected chi connectivity index (χ2v) is 12.5. The first-order valence-electron chi connectivity index (χ1n) is 13.8. The highest BCUT2D eigenvalue weighted by atomic mass is 32.2. The summed E-state index contributed by atoms with van der Waals surface area (Å²) in [6, 6.07) is 6.07. The molecule has 2 aliphatic heterocycles. The van der Waals surface area contributed by atoms with Gasteiger partial charge in [-0.05, 0) is 37.0 Å². The van der Waals surface area contributed by atoms with E-state index in [-0.39, 0.29) is 69.1 Å². The van der Waals surface area contributed by atoms with E-state index in [4.69, 9.17) is 5.73 Å². The molecule has 1 atom stereocenters. The maximum atomic E-state index is 13.8. The molecule has 0 unspecified atom stereocenters. The average Bonchev–Trinajstić information content (AvgIpc) is 2.96. The van der Waals surface area contributed by atoms with Crippen molar-refractivity contribution in [2.75, 3.05) is 67.9 Å². The molecule has 0 radical (unpaired) electrons. The number of sulfonamides is 1. The first kappa shape index (κ1) is 32.7. The molecule has 2 saturated heterocycles. The Balaban J connectivity index is 1.40. The Kier molecular flexibility index (Phi) is 10.1. The molecule has 17 heteroatoms. The third kappa shape index (κ3) is 8.47. The molecule has 1 aromatic heterocycles. The van der Waals surface area contributed by atoms with E-state index in [2.05, 4.69) is 15.3 Å². The highest BCUT2D eigenvalue weighted by Gasteiger charge is 2.38. The normalized spacial score (nSPS) is 19.0. The summed E-state index contributed by atoms with van der Waals surface area (Å²) in [5, 5.41) is 2.77. The summed E-state index contributed by atoms with van der Waals surface area (Å²) in [4.78, 5) is 23.5. The van der Waals surface area contributed by atoms with Gasteiger partial charge in [0.1, 0.15) is 11.6 Å². The van der Waals surface area contributed by atoms with Crippen molar-refractivity contribution in [2.45, 2.75) is 31.6 Å². The number of anilines is 2. The lowest BCUT2D eigenvalue weighted by Gasteiger charge is -2.36. The number of hydrogen-bond donors (Lipinski definition) is 2. The van der Waals surface area contributed by atoms with Crippen LogP contribution >= 0.6 is 0 Å². The molecular formula is C26H33F6N7O3S. The van der Waals surface area contributed by atoms with Gasteiger partial charge in [0, 0.05) is 58.4 Å². The summed E-state index contributed by atoms with van der Waals surface area (Å²) in [7, 11) is -3.56. The fourth-order valence-electron chi connectivity index (χ4n) is 5.08. The molecule has 1 aromatic carbocycles. The number of rotatable bonds is 9. The Hall–Kier alpha value is -3.18. The van der Waals surface area contributed by atoms with Crippen LogP contribution in [0.3, 0.4) is 0 Å². The summed E-state index contributed by atoms with van der Waals surface area (Å²) >= 11 is 0. The molecular weight excluding hydrogens is 604 g/mol. The Morgan fingerprint density at radius 3 is 2.14 bits per heavy atom. The van der Waals surface area contributed by atoms with Crippen LogP contribution in [0.15, 0.2) is 30.3 Å². The topological polar surface area (TPSA) is 125 Å². The van der Waals surface area contributed by atoms with Crippen LogP contribution < -0.4 is 20.9 Å². The fourth-order valence-corrected chi connectivity index (χ4v) is 6.36. The number of piperazine rings is 1. The largest absolute Gasteiger partial charge is 0.451 e. The number of benzene rings is 1. The molecule has 2 aliphatic rings. The van der Waals surface area contributed by atoms with Gasteiger partial charge in [0.2, 0.25) is 21.8 Å². The number of nitrogens with two attached hydrogens (primary N) is 1. The average molecular weight is 638 g/mol. The first-order chi connectivity index (χ1) is 20.2. The molecule has 2 fully saturated rings. The van der Waals surface area contributed by atoms with Crippen molar-refractivity contribution in [2.24, 2.45) is 11.7 Å². The van der Waals surface area contributed by atoms with Crippen LogP contribution in [0.1, 0.15) is 29.8 Å². The van der Waals surface area contributed by atoms with Crippen LogP contribution in [0.25, 0.3) is 0 Å². The lowest BCUT2D eigenvalue weighted by molar-refractivity contribution is -0.145. The van der Waals surface area contributed by atoms with Crippen molar-refractivity contribution in [1.29, 1.82) is 0 Å². The summed E-state index contributed by atoms with van der Waals surface area (Å²) in [5.41, 5.74) is 5.23. The zero-order valence-corrected chi connectivity index (χ0v) is 24.0. The van der Waals surface area contributed by atoms with E-state index < -0.39 is 39.7 Å². The van der Waals surface area contributed by atoms with Gasteiger partial charge in [0.05, 0.1) is 17.2 Å². The van der Waals surface area contributed by atoms with E-state index in [0.717, 1.165) is 12.1 Å². The Bertz CT molecular complexity index is 1360. The number of alkyl halides is 6. The van der Waals surface area contributed by atoms with E-state index in [1.54, 1.807) is 9.80 Å². The van der Waals surface area contributed by atoms with Crippen LogP contribution in [-0.2, 0) is 33.6 Å². The maximum absolute atomic E-state index is 13.8. The monoisotopic (exact) mass is 637 g/mol. The van der Waals surface area contributed by atoms with Crippen molar-refractivity contribution in [3.8, 4) is 0 Å². The molecule has 0 bridgehead atoms. The fraction of sp³-hybridized carbons (Fsp3) is 0.577. The molecule has 10 nitrogen and oxygen atoms in total. The van der Waals surface area contributed by atoms with Gasteiger partial charge in [0.15, 0.2) is 0 Å². The van der Waals surface area contributed by atoms with Crippen molar-refractivity contribution in [3.05, 3.63) is 47.3 Å². The molecule has 238 valence electrons. The van der Waals surface area contributed by atoms with E-state index in [1.807, 2.05) is 0 Å². The Morgan fingerprint density at radius 2 is 1.56 bits per heavy atom. The molecule has 3 N–H and O–H groups in total. The minimum absolute atomic E-state index is 0.0105. The first-order valence-corrected chi connectivity index (χ1v) is 15.4. The number of nitrogens with one attached hydrogen (secondary N) is 1. The molecule has 3 heterocycles. The van der Waals surface area contributed by atoms with Gasteiger partial charge in [-0.3, -0.25) is 4.79 Å². The van der Waals surface area contributed by atoms with Crippen LogP contribution in [0.5, 0.6) is 0 Å². The zero-order valence-electron chi connectivity index (χ0n) is 23.2. The number of halogens is 6. The maximum Gasteiger partial charge on any atom is 0.451 e. The summed E-state index contributed by atoms with van der Waals surface area (Å²) < 4.78 is 105. The SMILES string of the molecule is NCCS(=O)(=O)N1CCN(c2cc(N3CCC[C@@H](C(=O)NCCc4ccc(C(F)(F)F)cc4)C3)nc(C(F)(F)F)n2)CC1. The predicted molar refractivity (Wildman–Crippen MR) is 147 cm³/mol. The lowest BCUT2D eigenvalue weighted by Crippen LogP contribution is -2.50. The molecule has 0 spiro atoms. The summed E-state index contributed by atoms with van der Waals surface area (Å²) in [6.45, 7) is 1.02. The van der Waals surface area contributed by atoms with E-state index in [9.17, 15) is 39.6 Å². The molecule has 2 aromatic rings. The minimum Gasteiger partial charge on any atom is -0.356 e. The molecule has 0 aliphatic carbocycles. The van der Waals surface area contributed by atoms with Crippen LogP contribution in [0.2, 0.25) is 0 Å². The van der Waals surface area contributed by atoms with Gasteiger partial charge in [-0.2, -0.15) is 30.6 Å². The predicted octanol–water partition coefficient (Wildman–Crippen LogP) is 2.50. The second-order valence-electron chi connectivity index (χ2n) is 10.4.